The first-order chi connectivity index (χ1) is 7.87. The van der Waals surface area contributed by atoms with Gasteiger partial charge >= 0.3 is 0 Å². The molecule has 0 saturated heterocycles. The third-order valence-electron chi connectivity index (χ3n) is 4.58. The molecule has 2 aliphatic carbocycles. The van der Waals surface area contributed by atoms with Crippen LogP contribution in [-0.4, -0.2) is 22.8 Å². The van der Waals surface area contributed by atoms with Crippen molar-refractivity contribution in [1.29, 1.82) is 0 Å². The molecule has 0 amide bonds. The van der Waals surface area contributed by atoms with E-state index in [1.165, 1.54) is 0 Å². The monoisotopic (exact) mass is 300 g/mol. The van der Waals surface area contributed by atoms with Crippen LogP contribution in [-0.2, 0) is 4.79 Å². The SMILES string of the molecule is C[C@@]12CC[C@@H](/C(=N\N=C(N)N)C1=O)[C@@]2(C)CBr. The molecule has 2 saturated carbocycles. The van der Waals surface area contributed by atoms with Gasteiger partial charge in [-0.1, -0.05) is 29.8 Å². The van der Waals surface area contributed by atoms with Crippen LogP contribution in [0.25, 0.3) is 0 Å². The third kappa shape index (κ3) is 1.46. The lowest BCUT2D eigenvalue weighted by Crippen LogP contribution is -2.36. The molecule has 5 nitrogen and oxygen atoms in total. The number of rotatable bonds is 2. The van der Waals surface area contributed by atoms with Crippen LogP contribution in [0.1, 0.15) is 26.7 Å². The van der Waals surface area contributed by atoms with E-state index in [4.69, 9.17) is 11.5 Å². The Hall–Kier alpha value is -0.910. The van der Waals surface area contributed by atoms with Crippen molar-refractivity contribution in [3.8, 4) is 0 Å². The number of guanidine groups is 1. The van der Waals surface area contributed by atoms with Gasteiger partial charge in [0.2, 0.25) is 5.96 Å². The quantitative estimate of drug-likeness (QED) is 0.345. The minimum atomic E-state index is -0.334. The van der Waals surface area contributed by atoms with Crippen molar-refractivity contribution in [3.63, 3.8) is 0 Å². The van der Waals surface area contributed by atoms with Crippen LogP contribution in [0.15, 0.2) is 10.2 Å². The van der Waals surface area contributed by atoms with Crippen LogP contribution in [0, 0.1) is 16.7 Å². The molecule has 0 radical (unpaired) electrons. The molecule has 6 heteroatoms. The smallest absolute Gasteiger partial charge is 0.211 e. The van der Waals surface area contributed by atoms with Crippen LogP contribution < -0.4 is 11.5 Å². The zero-order valence-electron chi connectivity index (χ0n) is 10.0. The number of carbonyl (C=O) groups is 1. The molecule has 3 atom stereocenters. The average molecular weight is 301 g/mol. The Balaban J connectivity index is 2.46. The topological polar surface area (TPSA) is 93.8 Å². The van der Waals surface area contributed by atoms with Gasteiger partial charge in [-0.15, -0.1) is 10.2 Å². The first kappa shape index (κ1) is 12.5. The van der Waals surface area contributed by atoms with Gasteiger partial charge in [-0.2, -0.15) is 0 Å². The predicted octanol–water partition coefficient (Wildman–Crippen LogP) is 1.02. The molecule has 0 aromatic heterocycles. The largest absolute Gasteiger partial charge is 0.369 e. The van der Waals surface area contributed by atoms with Crippen molar-refractivity contribution < 1.29 is 4.79 Å². The van der Waals surface area contributed by atoms with Crippen molar-refractivity contribution in [2.24, 2.45) is 38.4 Å². The van der Waals surface area contributed by atoms with Gasteiger partial charge in [0.25, 0.3) is 0 Å². The van der Waals surface area contributed by atoms with Gasteiger partial charge in [-0.25, -0.2) is 0 Å². The molecule has 0 aromatic rings. The van der Waals surface area contributed by atoms with Gasteiger partial charge in [0.1, 0.15) is 5.71 Å². The number of halogens is 1. The van der Waals surface area contributed by atoms with E-state index in [0.717, 1.165) is 18.2 Å². The van der Waals surface area contributed by atoms with E-state index in [9.17, 15) is 4.79 Å². The number of alkyl halides is 1. The fraction of sp³-hybridized carbons (Fsp3) is 0.727. The Morgan fingerprint density at radius 2 is 2.18 bits per heavy atom. The van der Waals surface area contributed by atoms with Gasteiger partial charge in [-0.3, -0.25) is 4.79 Å². The summed E-state index contributed by atoms with van der Waals surface area (Å²) >= 11 is 3.53. The highest BCUT2D eigenvalue weighted by Gasteiger charge is 2.66. The zero-order valence-corrected chi connectivity index (χ0v) is 11.6. The second-order valence-electron chi connectivity index (χ2n) is 5.31. The van der Waals surface area contributed by atoms with Crippen LogP contribution in [0.4, 0.5) is 0 Å². The second kappa shape index (κ2) is 3.80. The summed E-state index contributed by atoms with van der Waals surface area (Å²) in [4.78, 5) is 12.4. The van der Waals surface area contributed by atoms with Crippen molar-refractivity contribution in [2.45, 2.75) is 26.7 Å². The van der Waals surface area contributed by atoms with Gasteiger partial charge in [0.05, 0.1) is 0 Å². The van der Waals surface area contributed by atoms with Crippen LogP contribution in [0.2, 0.25) is 0 Å². The van der Waals surface area contributed by atoms with Crippen LogP contribution in [0.3, 0.4) is 0 Å². The molecule has 94 valence electrons. The number of hydrogen-bond acceptors (Lipinski definition) is 3. The standard InChI is InChI=1S/C11H17BrN4O/c1-10-4-3-6(11(10,2)5-12)7(8(10)17)15-16-9(13)14/h6H,3-5H2,1-2H3,(H4,13,14,16)/b15-7+/t6-,10+,11+/m0/s1. The summed E-state index contributed by atoms with van der Waals surface area (Å²) in [5.41, 5.74) is 10.6. The third-order valence-corrected chi connectivity index (χ3v) is 5.74. The van der Waals surface area contributed by atoms with E-state index < -0.39 is 0 Å². The number of Topliss-reactive ketones (excluding diaryl/α,β-unsaturated/α-hetero) is 1. The summed E-state index contributed by atoms with van der Waals surface area (Å²) in [6.07, 6.45) is 1.89. The normalized spacial score (nSPS) is 42.2. The zero-order chi connectivity index (χ0) is 12.8. The van der Waals surface area contributed by atoms with E-state index in [2.05, 4.69) is 33.1 Å². The Bertz CT molecular complexity index is 429. The van der Waals surface area contributed by atoms with Crippen molar-refractivity contribution in [3.05, 3.63) is 0 Å². The summed E-state index contributed by atoms with van der Waals surface area (Å²) < 4.78 is 0. The predicted molar refractivity (Wildman–Crippen MR) is 71.0 cm³/mol. The van der Waals surface area contributed by atoms with E-state index in [1.807, 2.05) is 6.92 Å². The molecule has 0 aromatic carbocycles. The van der Waals surface area contributed by atoms with Crippen LogP contribution in [0.5, 0.6) is 0 Å². The summed E-state index contributed by atoms with van der Waals surface area (Å²) in [7, 11) is 0. The fourth-order valence-electron chi connectivity index (χ4n) is 3.14. The number of nitrogens with two attached hydrogens (primary N) is 2. The molecule has 2 fully saturated rings. The fourth-order valence-corrected chi connectivity index (χ4v) is 4.15. The summed E-state index contributed by atoms with van der Waals surface area (Å²) in [6.45, 7) is 4.16. The molecule has 4 N–H and O–H groups in total. The van der Waals surface area contributed by atoms with E-state index in [1.54, 1.807) is 0 Å². The number of fused-ring (bicyclic) bond motifs is 2. The number of nitrogens with zero attached hydrogens (tertiary/aromatic N) is 2. The summed E-state index contributed by atoms with van der Waals surface area (Å²) in [6, 6.07) is 0. The molecule has 17 heavy (non-hydrogen) atoms. The molecular weight excluding hydrogens is 284 g/mol. The van der Waals surface area contributed by atoms with E-state index in [-0.39, 0.29) is 28.5 Å². The molecule has 0 unspecified atom stereocenters. The molecular formula is C11H17BrN4O. The first-order valence-electron chi connectivity index (χ1n) is 5.64. The summed E-state index contributed by atoms with van der Waals surface area (Å²) in [5, 5.41) is 8.38. The van der Waals surface area contributed by atoms with E-state index in [0.29, 0.717) is 5.71 Å². The van der Waals surface area contributed by atoms with Gasteiger partial charge in [0, 0.05) is 16.7 Å². The molecule has 0 aliphatic heterocycles. The minimum absolute atomic E-state index is 0.0816. The lowest BCUT2D eigenvalue weighted by molar-refractivity contribution is -0.123. The highest BCUT2D eigenvalue weighted by Crippen LogP contribution is 2.63. The lowest BCUT2D eigenvalue weighted by atomic mass is 9.70. The maximum absolute atomic E-state index is 12.4. The Morgan fingerprint density at radius 3 is 2.65 bits per heavy atom. The van der Waals surface area contributed by atoms with Crippen molar-refractivity contribution >= 4 is 33.4 Å². The average Bonchev–Trinajstić information content (AvgIpc) is 2.62. The van der Waals surface area contributed by atoms with Gasteiger partial charge in [-0.05, 0) is 18.3 Å². The number of ketones is 1. The Kier molecular flexibility index (Phi) is 2.80. The molecule has 0 spiro atoms. The molecule has 2 bridgehead atoms. The highest BCUT2D eigenvalue weighted by molar-refractivity contribution is 9.09. The summed E-state index contributed by atoms with van der Waals surface area (Å²) in [5.74, 6) is 0.141. The molecule has 2 rings (SSSR count). The minimum Gasteiger partial charge on any atom is -0.369 e. The van der Waals surface area contributed by atoms with Crippen molar-refractivity contribution in [2.75, 3.05) is 5.33 Å². The Morgan fingerprint density at radius 1 is 1.53 bits per heavy atom. The maximum Gasteiger partial charge on any atom is 0.211 e. The Labute approximate surface area is 109 Å². The lowest BCUT2D eigenvalue weighted by Gasteiger charge is -2.33. The van der Waals surface area contributed by atoms with Crippen molar-refractivity contribution in [1.82, 2.24) is 0 Å². The molecule has 2 aliphatic rings. The van der Waals surface area contributed by atoms with Gasteiger partial charge in [0.15, 0.2) is 5.78 Å². The highest BCUT2D eigenvalue weighted by atomic mass is 79.9. The van der Waals surface area contributed by atoms with Crippen LogP contribution >= 0.6 is 15.9 Å². The second-order valence-corrected chi connectivity index (χ2v) is 5.87. The maximum atomic E-state index is 12.4. The molecule has 0 heterocycles. The van der Waals surface area contributed by atoms with Gasteiger partial charge < -0.3 is 11.5 Å². The van der Waals surface area contributed by atoms with E-state index >= 15 is 0 Å². The number of carbonyl (C=O) groups excluding carboxylic acids is 1. The first-order valence-corrected chi connectivity index (χ1v) is 6.76. The number of hydrogen-bond donors (Lipinski definition) is 2.